The molecule has 0 bridgehead atoms. The number of benzene rings is 2. The Morgan fingerprint density at radius 3 is 2.61 bits per heavy atom. The normalized spacial score (nSPS) is 13.5. The number of fused-ring (bicyclic) bond motifs is 1. The Bertz CT molecular complexity index is 934. The van der Waals surface area contributed by atoms with E-state index in [0.29, 0.717) is 36.0 Å². The minimum atomic E-state index is -0.618. The van der Waals surface area contributed by atoms with Gasteiger partial charge in [-0.1, -0.05) is 36.8 Å². The quantitative estimate of drug-likeness (QED) is 0.514. The van der Waals surface area contributed by atoms with Crippen LogP contribution in [0.5, 0.6) is 17.2 Å². The molecule has 1 N–H and O–H groups in total. The van der Waals surface area contributed by atoms with E-state index in [1.165, 1.54) is 13.2 Å². The molecule has 1 atom stereocenters. The van der Waals surface area contributed by atoms with Gasteiger partial charge in [0.2, 0.25) is 5.75 Å². The maximum absolute atomic E-state index is 12.2. The molecule has 0 saturated carbocycles. The van der Waals surface area contributed by atoms with E-state index in [0.717, 1.165) is 17.5 Å². The third-order valence-corrected chi connectivity index (χ3v) is 4.83. The Hall–Kier alpha value is -3.48. The molecule has 1 amide bonds. The van der Waals surface area contributed by atoms with Crippen LogP contribution in [0, 0.1) is 6.92 Å². The molecule has 2 aromatic carbocycles. The average molecular weight is 425 g/mol. The summed E-state index contributed by atoms with van der Waals surface area (Å²) >= 11 is 0. The van der Waals surface area contributed by atoms with Crippen LogP contribution in [0.2, 0.25) is 0 Å². The summed E-state index contributed by atoms with van der Waals surface area (Å²) in [6.45, 7) is 4.55. The number of rotatable bonds is 8. The largest absolute Gasteiger partial charge is 0.493 e. The molecule has 7 heteroatoms. The van der Waals surface area contributed by atoms with Crippen molar-refractivity contribution in [3.05, 3.63) is 59.2 Å². The van der Waals surface area contributed by atoms with E-state index >= 15 is 0 Å². The average Bonchev–Trinajstić information content (AvgIpc) is 2.79. The second kappa shape index (κ2) is 10.5. The van der Waals surface area contributed by atoms with Crippen LogP contribution < -0.4 is 19.5 Å². The first-order valence-electron chi connectivity index (χ1n) is 10.2. The molecule has 0 spiro atoms. The fourth-order valence-corrected chi connectivity index (χ4v) is 3.19. The van der Waals surface area contributed by atoms with E-state index < -0.39 is 5.97 Å². The summed E-state index contributed by atoms with van der Waals surface area (Å²) in [5.74, 6) is 0.651. The zero-order valence-electron chi connectivity index (χ0n) is 18.0. The fourth-order valence-electron chi connectivity index (χ4n) is 3.19. The number of carbonyl (C=O) groups excluding carboxylic acids is 2. The molecular weight excluding hydrogens is 398 g/mol. The molecule has 0 aliphatic carbocycles. The molecule has 1 aliphatic heterocycles. The Morgan fingerprint density at radius 1 is 1.16 bits per heavy atom. The highest BCUT2D eigenvalue weighted by Gasteiger charge is 2.18. The van der Waals surface area contributed by atoms with Crippen LogP contribution in [-0.2, 0) is 14.3 Å². The Kier molecular flexibility index (Phi) is 7.54. The van der Waals surface area contributed by atoms with Crippen LogP contribution >= 0.6 is 0 Å². The second-order valence-corrected chi connectivity index (χ2v) is 7.13. The second-order valence-electron chi connectivity index (χ2n) is 7.13. The van der Waals surface area contributed by atoms with Crippen molar-refractivity contribution in [1.82, 2.24) is 5.32 Å². The number of nitrogens with one attached hydrogen (secondary N) is 1. The lowest BCUT2D eigenvalue weighted by atomic mass is 10.0. The minimum Gasteiger partial charge on any atom is -0.493 e. The lowest BCUT2D eigenvalue weighted by Crippen LogP contribution is -2.32. The number of amides is 1. The van der Waals surface area contributed by atoms with Crippen LogP contribution in [-0.4, -0.2) is 38.8 Å². The molecule has 31 heavy (non-hydrogen) atoms. The summed E-state index contributed by atoms with van der Waals surface area (Å²) in [5, 5.41) is 2.89. The first kappa shape index (κ1) is 22.2. The van der Waals surface area contributed by atoms with Gasteiger partial charge in [0.25, 0.3) is 5.91 Å². The van der Waals surface area contributed by atoms with Crippen molar-refractivity contribution in [2.24, 2.45) is 0 Å². The summed E-state index contributed by atoms with van der Waals surface area (Å²) in [5.41, 5.74) is 2.86. The van der Waals surface area contributed by atoms with Gasteiger partial charge in [0.15, 0.2) is 18.1 Å². The summed E-state index contributed by atoms with van der Waals surface area (Å²) in [7, 11) is 1.54. The van der Waals surface area contributed by atoms with E-state index in [-0.39, 0.29) is 18.6 Å². The number of ether oxygens (including phenoxy) is 4. The van der Waals surface area contributed by atoms with Gasteiger partial charge in [-0.3, -0.25) is 4.79 Å². The first-order valence-corrected chi connectivity index (χ1v) is 10.2. The third-order valence-electron chi connectivity index (χ3n) is 4.83. The van der Waals surface area contributed by atoms with Crippen LogP contribution in [0.25, 0.3) is 6.08 Å². The van der Waals surface area contributed by atoms with Gasteiger partial charge in [-0.25, -0.2) is 4.79 Å². The maximum Gasteiger partial charge on any atom is 0.331 e. The summed E-state index contributed by atoms with van der Waals surface area (Å²) in [6.07, 6.45) is 3.56. The van der Waals surface area contributed by atoms with Crippen molar-refractivity contribution in [2.75, 3.05) is 26.9 Å². The predicted octanol–water partition coefficient (Wildman–Crippen LogP) is 3.60. The van der Waals surface area contributed by atoms with Gasteiger partial charge in [-0.15, -0.1) is 0 Å². The Labute approximate surface area is 181 Å². The number of hydrogen-bond acceptors (Lipinski definition) is 6. The van der Waals surface area contributed by atoms with Crippen molar-refractivity contribution >= 4 is 18.0 Å². The number of carbonyl (C=O) groups is 2. The summed E-state index contributed by atoms with van der Waals surface area (Å²) in [4.78, 5) is 24.3. The molecule has 1 aliphatic rings. The van der Waals surface area contributed by atoms with E-state index in [2.05, 4.69) is 5.32 Å². The monoisotopic (exact) mass is 425 g/mol. The highest BCUT2D eigenvalue weighted by molar-refractivity contribution is 5.89. The number of aryl methyl sites for hydroxylation is 1. The zero-order valence-corrected chi connectivity index (χ0v) is 18.0. The van der Waals surface area contributed by atoms with Crippen molar-refractivity contribution < 1.29 is 28.5 Å². The smallest absolute Gasteiger partial charge is 0.331 e. The predicted molar refractivity (Wildman–Crippen MR) is 116 cm³/mol. The molecule has 0 fully saturated rings. The van der Waals surface area contributed by atoms with E-state index in [4.69, 9.17) is 18.9 Å². The van der Waals surface area contributed by atoms with Crippen LogP contribution in [0.1, 0.15) is 36.1 Å². The van der Waals surface area contributed by atoms with Gasteiger partial charge in [0, 0.05) is 6.08 Å². The standard InChI is InChI=1S/C24H27NO6/c1-4-19(18-8-5-16(2)6-9-18)25-22(26)15-31-23(27)10-7-17-13-20(28-3)24-21(14-17)29-11-12-30-24/h5-10,13-14,19H,4,11-12,15H2,1-3H3,(H,25,26)/b10-7+/t19-/m0/s1. The number of methoxy groups -OCH3 is 1. The SMILES string of the molecule is CC[C@H](NC(=O)COC(=O)/C=C/c1cc(OC)c2c(c1)OCCO2)c1ccc(C)cc1. The van der Waals surface area contributed by atoms with Crippen LogP contribution in [0.15, 0.2) is 42.5 Å². The van der Waals surface area contributed by atoms with Crippen molar-refractivity contribution in [3.8, 4) is 17.2 Å². The van der Waals surface area contributed by atoms with Gasteiger partial charge in [-0.2, -0.15) is 0 Å². The van der Waals surface area contributed by atoms with E-state index in [1.807, 2.05) is 38.1 Å². The van der Waals surface area contributed by atoms with Crippen molar-refractivity contribution in [3.63, 3.8) is 0 Å². The molecular formula is C24H27NO6. The molecule has 1 heterocycles. The van der Waals surface area contributed by atoms with Gasteiger partial charge in [0.05, 0.1) is 13.2 Å². The van der Waals surface area contributed by atoms with Gasteiger partial charge >= 0.3 is 5.97 Å². The topological polar surface area (TPSA) is 83.1 Å². The fraction of sp³-hybridized carbons (Fsp3) is 0.333. The van der Waals surface area contributed by atoms with Gasteiger partial charge < -0.3 is 24.3 Å². The third kappa shape index (κ3) is 6.01. The highest BCUT2D eigenvalue weighted by atomic mass is 16.6. The van der Waals surface area contributed by atoms with Gasteiger partial charge in [0.1, 0.15) is 13.2 Å². The molecule has 0 aromatic heterocycles. The zero-order chi connectivity index (χ0) is 22.2. The summed E-state index contributed by atoms with van der Waals surface area (Å²) < 4.78 is 21.5. The molecule has 7 nitrogen and oxygen atoms in total. The van der Waals surface area contributed by atoms with E-state index in [9.17, 15) is 9.59 Å². The minimum absolute atomic E-state index is 0.132. The highest BCUT2D eigenvalue weighted by Crippen LogP contribution is 2.40. The molecule has 0 radical (unpaired) electrons. The Balaban J connectivity index is 1.54. The maximum atomic E-state index is 12.2. The van der Waals surface area contributed by atoms with Crippen molar-refractivity contribution in [1.29, 1.82) is 0 Å². The number of esters is 1. The first-order chi connectivity index (χ1) is 15.0. The summed E-state index contributed by atoms with van der Waals surface area (Å²) in [6, 6.07) is 11.3. The van der Waals surface area contributed by atoms with E-state index in [1.54, 1.807) is 18.2 Å². The molecule has 0 saturated heterocycles. The van der Waals surface area contributed by atoms with Gasteiger partial charge in [-0.05, 0) is 42.7 Å². The molecule has 2 aromatic rings. The Morgan fingerprint density at radius 2 is 1.90 bits per heavy atom. The lowest BCUT2D eigenvalue weighted by molar-refractivity contribution is -0.144. The van der Waals surface area contributed by atoms with Crippen LogP contribution in [0.3, 0.4) is 0 Å². The molecule has 0 unspecified atom stereocenters. The molecule has 164 valence electrons. The van der Waals surface area contributed by atoms with Crippen LogP contribution in [0.4, 0.5) is 0 Å². The van der Waals surface area contributed by atoms with Crippen molar-refractivity contribution in [2.45, 2.75) is 26.3 Å². The molecule has 3 rings (SSSR count). The number of hydrogen-bond donors (Lipinski definition) is 1. The lowest BCUT2D eigenvalue weighted by Gasteiger charge is -2.20.